The largest absolute Gasteiger partial charge is 0.0710 e. The summed E-state index contributed by atoms with van der Waals surface area (Å²) in [5.41, 5.74) is 7.26. The smallest absolute Gasteiger partial charge is 0.0200 e. The molecule has 3 aliphatic carbocycles. The van der Waals surface area contributed by atoms with Gasteiger partial charge in [-0.3, -0.25) is 0 Å². The van der Waals surface area contributed by atoms with Gasteiger partial charge in [0.15, 0.2) is 0 Å². The molecule has 4 bridgehead atoms. The fourth-order valence-corrected chi connectivity index (χ4v) is 4.59. The first-order valence-corrected chi connectivity index (χ1v) is 8.12. The molecule has 0 nitrogen and oxygen atoms in total. The van der Waals surface area contributed by atoms with Gasteiger partial charge >= 0.3 is 0 Å². The fraction of sp³-hybridized carbons (Fsp3) is 0.778. The van der Waals surface area contributed by atoms with Crippen molar-refractivity contribution in [3.8, 4) is 0 Å². The van der Waals surface area contributed by atoms with Crippen LogP contribution in [-0.4, -0.2) is 0 Å². The number of hydrogen-bond donors (Lipinski definition) is 0. The normalized spacial score (nSPS) is 33.7. The third-order valence-electron chi connectivity index (χ3n) is 5.99. The Balaban J connectivity index is 1.87. The molecule has 2 atom stereocenters. The lowest BCUT2D eigenvalue weighted by Crippen LogP contribution is -2.17. The van der Waals surface area contributed by atoms with Gasteiger partial charge in [0.1, 0.15) is 0 Å². The van der Waals surface area contributed by atoms with Crippen LogP contribution in [0.5, 0.6) is 0 Å². The topological polar surface area (TPSA) is 0 Å². The van der Waals surface area contributed by atoms with Gasteiger partial charge in [-0.05, 0) is 89.9 Å². The van der Waals surface area contributed by atoms with E-state index in [0.29, 0.717) is 0 Å². The van der Waals surface area contributed by atoms with Crippen molar-refractivity contribution in [2.45, 2.75) is 78.1 Å². The van der Waals surface area contributed by atoms with Crippen molar-refractivity contribution in [2.75, 3.05) is 0 Å². The first-order valence-electron chi connectivity index (χ1n) is 8.12. The van der Waals surface area contributed by atoms with Crippen molar-refractivity contribution in [3.63, 3.8) is 0 Å². The summed E-state index contributed by atoms with van der Waals surface area (Å²) in [5, 5.41) is 0. The lowest BCUT2D eigenvalue weighted by atomic mass is 9.73. The Labute approximate surface area is 113 Å². The van der Waals surface area contributed by atoms with E-state index in [1.54, 1.807) is 11.1 Å². The van der Waals surface area contributed by atoms with Gasteiger partial charge in [0.25, 0.3) is 0 Å². The van der Waals surface area contributed by atoms with Gasteiger partial charge in [0.05, 0.1) is 0 Å². The summed E-state index contributed by atoms with van der Waals surface area (Å²) >= 11 is 0. The molecule has 0 amide bonds. The van der Waals surface area contributed by atoms with Crippen molar-refractivity contribution in [3.05, 3.63) is 22.3 Å². The summed E-state index contributed by atoms with van der Waals surface area (Å²) in [6.45, 7) is 4.88. The molecule has 18 heavy (non-hydrogen) atoms. The van der Waals surface area contributed by atoms with Crippen LogP contribution in [0.25, 0.3) is 0 Å². The number of rotatable bonds is 0. The highest BCUT2D eigenvalue weighted by atomic mass is 14.3. The minimum absolute atomic E-state index is 0.924. The van der Waals surface area contributed by atoms with E-state index in [1.807, 2.05) is 11.1 Å². The van der Waals surface area contributed by atoms with Gasteiger partial charge in [0, 0.05) is 0 Å². The average molecular weight is 244 g/mol. The van der Waals surface area contributed by atoms with E-state index in [-0.39, 0.29) is 0 Å². The van der Waals surface area contributed by atoms with Crippen LogP contribution in [0.2, 0.25) is 0 Å². The standard InChI is InChI=1S/C18H28/c1-13-15-5-3-6-16(13)10-12-18-8-4-7-17(11-9-15)14(18)2/h15,18H,3-12H2,1-2H3. The zero-order valence-electron chi connectivity index (χ0n) is 12.2. The summed E-state index contributed by atoms with van der Waals surface area (Å²) in [6, 6.07) is 0. The van der Waals surface area contributed by atoms with Gasteiger partial charge in [-0.2, -0.15) is 0 Å². The first kappa shape index (κ1) is 12.5. The van der Waals surface area contributed by atoms with Crippen LogP contribution in [0.15, 0.2) is 22.3 Å². The van der Waals surface area contributed by atoms with Gasteiger partial charge < -0.3 is 0 Å². The van der Waals surface area contributed by atoms with Gasteiger partial charge in [0.2, 0.25) is 0 Å². The highest BCUT2D eigenvalue weighted by Gasteiger charge is 2.25. The SMILES string of the molecule is CC1=C2CCCC1CCC1=C(C)C(CCC1)CC2. The summed E-state index contributed by atoms with van der Waals surface area (Å²) in [7, 11) is 0. The van der Waals surface area contributed by atoms with E-state index in [4.69, 9.17) is 0 Å². The molecule has 0 heteroatoms. The van der Waals surface area contributed by atoms with E-state index >= 15 is 0 Å². The van der Waals surface area contributed by atoms with Crippen LogP contribution in [0, 0.1) is 11.8 Å². The molecule has 0 saturated heterocycles. The second-order valence-corrected chi connectivity index (χ2v) is 6.83. The van der Waals surface area contributed by atoms with E-state index in [1.165, 1.54) is 64.2 Å². The van der Waals surface area contributed by atoms with Crippen LogP contribution in [0.3, 0.4) is 0 Å². The summed E-state index contributed by atoms with van der Waals surface area (Å²) in [6.07, 6.45) is 14.3. The van der Waals surface area contributed by atoms with Crippen molar-refractivity contribution >= 4 is 0 Å². The molecular formula is C18H28. The molecule has 0 aromatic carbocycles. The Morgan fingerprint density at radius 3 is 1.50 bits per heavy atom. The Morgan fingerprint density at radius 2 is 1.06 bits per heavy atom. The third-order valence-corrected chi connectivity index (χ3v) is 5.99. The monoisotopic (exact) mass is 244 g/mol. The van der Waals surface area contributed by atoms with Gasteiger partial charge in [-0.25, -0.2) is 0 Å². The molecule has 0 spiro atoms. The summed E-state index contributed by atoms with van der Waals surface area (Å²) in [4.78, 5) is 0. The third kappa shape index (κ3) is 2.31. The van der Waals surface area contributed by atoms with Crippen molar-refractivity contribution < 1.29 is 0 Å². The average Bonchev–Trinajstić information content (AvgIpc) is 2.38. The quantitative estimate of drug-likeness (QED) is 0.473. The zero-order chi connectivity index (χ0) is 12.5. The molecular weight excluding hydrogens is 216 g/mol. The van der Waals surface area contributed by atoms with Crippen LogP contribution in [-0.2, 0) is 0 Å². The van der Waals surface area contributed by atoms with Crippen molar-refractivity contribution in [1.82, 2.24) is 0 Å². The Hall–Kier alpha value is -0.520. The lowest BCUT2D eigenvalue weighted by molar-refractivity contribution is 0.406. The second kappa shape index (κ2) is 5.23. The molecule has 2 unspecified atom stereocenters. The van der Waals surface area contributed by atoms with Crippen molar-refractivity contribution in [1.29, 1.82) is 0 Å². The molecule has 100 valence electrons. The molecule has 0 heterocycles. The van der Waals surface area contributed by atoms with E-state index < -0.39 is 0 Å². The maximum atomic E-state index is 2.44. The molecule has 0 fully saturated rings. The molecule has 3 aliphatic rings. The van der Waals surface area contributed by atoms with Crippen LogP contribution in [0.1, 0.15) is 78.1 Å². The highest BCUT2D eigenvalue weighted by molar-refractivity contribution is 5.23. The maximum Gasteiger partial charge on any atom is -0.0200 e. The zero-order valence-corrected chi connectivity index (χ0v) is 12.2. The minimum Gasteiger partial charge on any atom is -0.0710 e. The first-order chi connectivity index (χ1) is 8.75. The second-order valence-electron chi connectivity index (χ2n) is 6.83. The molecule has 3 rings (SSSR count). The Bertz CT molecular complexity index is 345. The molecule has 0 N–H and O–H groups in total. The lowest BCUT2D eigenvalue weighted by Gasteiger charge is -2.33. The van der Waals surface area contributed by atoms with Crippen LogP contribution >= 0.6 is 0 Å². The maximum absolute atomic E-state index is 2.44. The molecule has 0 radical (unpaired) electrons. The molecule has 0 aliphatic heterocycles. The van der Waals surface area contributed by atoms with E-state index in [2.05, 4.69) is 13.8 Å². The van der Waals surface area contributed by atoms with Crippen LogP contribution in [0.4, 0.5) is 0 Å². The van der Waals surface area contributed by atoms with E-state index in [9.17, 15) is 0 Å². The van der Waals surface area contributed by atoms with Crippen LogP contribution < -0.4 is 0 Å². The van der Waals surface area contributed by atoms with Gasteiger partial charge in [-0.15, -0.1) is 0 Å². The Kier molecular flexibility index (Phi) is 3.63. The number of allylic oxidation sites excluding steroid dienone is 4. The Morgan fingerprint density at radius 1 is 0.611 bits per heavy atom. The molecule has 0 aromatic rings. The van der Waals surface area contributed by atoms with Crippen molar-refractivity contribution in [2.24, 2.45) is 11.8 Å². The number of fused-ring (bicyclic) bond motifs is 2. The van der Waals surface area contributed by atoms with Gasteiger partial charge in [-0.1, -0.05) is 22.3 Å². The molecule has 0 aromatic heterocycles. The number of hydrogen-bond acceptors (Lipinski definition) is 0. The van der Waals surface area contributed by atoms with E-state index in [0.717, 1.165) is 11.8 Å². The predicted octanol–water partition coefficient (Wildman–Crippen LogP) is 5.79. The fourth-order valence-electron chi connectivity index (χ4n) is 4.59. The highest BCUT2D eigenvalue weighted by Crippen LogP contribution is 2.42. The molecule has 0 saturated carbocycles. The summed E-state index contributed by atoms with van der Waals surface area (Å²) in [5.74, 6) is 1.85. The predicted molar refractivity (Wildman–Crippen MR) is 78.6 cm³/mol. The summed E-state index contributed by atoms with van der Waals surface area (Å²) < 4.78 is 0. The minimum atomic E-state index is 0.924.